The van der Waals surface area contributed by atoms with Gasteiger partial charge in [-0.3, -0.25) is 0 Å². The van der Waals surface area contributed by atoms with E-state index in [1.807, 2.05) is 29.5 Å². The Hall–Kier alpha value is -7.53. The number of aromatic nitrogens is 3. The van der Waals surface area contributed by atoms with Gasteiger partial charge in [0.25, 0.3) is 0 Å². The third-order valence-electron chi connectivity index (χ3n) is 12.0. The molecule has 1 aliphatic carbocycles. The van der Waals surface area contributed by atoms with Gasteiger partial charge in [0.2, 0.25) is 0 Å². The Morgan fingerprint density at radius 2 is 0.983 bits per heavy atom. The maximum Gasteiger partial charge on any atom is 0.160 e. The zero-order chi connectivity index (χ0) is 39.6. The van der Waals surface area contributed by atoms with Crippen LogP contribution in [0.15, 0.2) is 206 Å². The number of fused-ring (bicyclic) bond motifs is 8. The molecule has 8 aromatic carbocycles. The second-order valence-corrected chi connectivity index (χ2v) is 16.6. The largest absolute Gasteiger partial charge is 0.246 e. The van der Waals surface area contributed by atoms with Crippen molar-refractivity contribution in [2.24, 2.45) is 0 Å². The molecule has 0 N–H and O–H groups in total. The van der Waals surface area contributed by atoms with Gasteiger partial charge >= 0.3 is 0 Å². The van der Waals surface area contributed by atoms with Crippen LogP contribution in [0.4, 0.5) is 0 Å². The molecule has 0 bridgehead atoms. The standard InChI is InChI=1S/C56H35N3S/c1-3-15-35(16-4-1)37-29-30-48-47(33-37)53-46-27-11-12-28-51(46)60-55(53)54(57-48)41-22-14-20-39(32-41)50-34-49(58-56(59-50)36-17-5-2-6-18-36)38-19-13-21-40(31-38)52-44-25-9-7-23-42(44)43-24-8-10-26-45(43)52/h1-34,52H. The van der Waals surface area contributed by atoms with Crippen LogP contribution in [0.25, 0.3) is 98.5 Å². The first-order chi connectivity index (χ1) is 29.7. The molecule has 12 rings (SSSR count). The Labute approximate surface area is 352 Å². The van der Waals surface area contributed by atoms with Crippen LogP contribution in [-0.4, -0.2) is 15.0 Å². The SMILES string of the molecule is c1ccc(-c2ccc3nc(-c4cccc(-c5cc(-c6cccc(C7c8ccccc8-c8ccccc87)c6)nc(-c6ccccc6)n5)c4)c4sc5ccccc5c4c3c2)cc1. The van der Waals surface area contributed by atoms with Crippen LogP contribution in [0.2, 0.25) is 0 Å². The highest BCUT2D eigenvalue weighted by atomic mass is 32.1. The van der Waals surface area contributed by atoms with Gasteiger partial charge in [-0.15, -0.1) is 11.3 Å². The van der Waals surface area contributed by atoms with Crippen molar-refractivity contribution in [3.05, 3.63) is 223 Å². The van der Waals surface area contributed by atoms with Gasteiger partial charge in [0, 0.05) is 49.0 Å². The number of rotatable bonds is 6. The van der Waals surface area contributed by atoms with Gasteiger partial charge in [-0.25, -0.2) is 15.0 Å². The van der Waals surface area contributed by atoms with Crippen LogP contribution in [0.3, 0.4) is 0 Å². The van der Waals surface area contributed by atoms with Gasteiger partial charge in [-0.1, -0.05) is 170 Å². The minimum Gasteiger partial charge on any atom is -0.246 e. The van der Waals surface area contributed by atoms with Crippen molar-refractivity contribution in [2.75, 3.05) is 0 Å². The molecule has 4 heteroatoms. The molecule has 0 atom stereocenters. The summed E-state index contributed by atoms with van der Waals surface area (Å²) in [7, 11) is 0. The molecule has 0 amide bonds. The first-order valence-electron chi connectivity index (χ1n) is 20.4. The number of benzene rings is 8. The zero-order valence-corrected chi connectivity index (χ0v) is 33.3. The second-order valence-electron chi connectivity index (χ2n) is 15.5. The van der Waals surface area contributed by atoms with E-state index >= 15 is 0 Å². The Kier molecular flexibility index (Phi) is 8.10. The van der Waals surface area contributed by atoms with E-state index in [1.165, 1.54) is 64.5 Å². The first-order valence-corrected chi connectivity index (χ1v) is 21.2. The normalized spacial score (nSPS) is 12.3. The van der Waals surface area contributed by atoms with E-state index in [2.05, 4.69) is 188 Å². The van der Waals surface area contributed by atoms with Crippen LogP contribution < -0.4 is 0 Å². The quantitative estimate of drug-likeness (QED) is 0.169. The van der Waals surface area contributed by atoms with Crippen molar-refractivity contribution in [3.8, 4) is 67.4 Å². The molecule has 0 unspecified atom stereocenters. The molecule has 280 valence electrons. The van der Waals surface area contributed by atoms with Crippen molar-refractivity contribution in [3.63, 3.8) is 0 Å². The van der Waals surface area contributed by atoms with Crippen LogP contribution in [-0.2, 0) is 0 Å². The lowest BCUT2D eigenvalue weighted by Crippen LogP contribution is -2.00. The lowest BCUT2D eigenvalue weighted by atomic mass is 9.88. The van der Waals surface area contributed by atoms with Gasteiger partial charge in [0.1, 0.15) is 0 Å². The summed E-state index contributed by atoms with van der Waals surface area (Å²) in [5.41, 5.74) is 16.8. The second kappa shape index (κ2) is 14.1. The smallest absolute Gasteiger partial charge is 0.160 e. The molecule has 60 heavy (non-hydrogen) atoms. The molecule has 3 aromatic heterocycles. The average molecular weight is 782 g/mol. The molecule has 3 nitrogen and oxygen atoms in total. The lowest BCUT2D eigenvalue weighted by molar-refractivity contribution is 1.01. The van der Waals surface area contributed by atoms with E-state index < -0.39 is 0 Å². The third-order valence-corrected chi connectivity index (χ3v) is 13.1. The molecule has 0 aliphatic heterocycles. The van der Waals surface area contributed by atoms with Gasteiger partial charge in [-0.05, 0) is 75.3 Å². The predicted octanol–water partition coefficient (Wildman–Crippen LogP) is 14.9. The Balaban J connectivity index is 1.01. The van der Waals surface area contributed by atoms with E-state index in [0.29, 0.717) is 5.82 Å². The Bertz CT molecular complexity index is 3400. The number of hydrogen-bond acceptors (Lipinski definition) is 4. The molecule has 0 spiro atoms. The van der Waals surface area contributed by atoms with Crippen molar-refractivity contribution in [2.45, 2.75) is 5.92 Å². The van der Waals surface area contributed by atoms with E-state index in [0.717, 1.165) is 44.9 Å². The van der Waals surface area contributed by atoms with E-state index in [-0.39, 0.29) is 5.92 Å². The summed E-state index contributed by atoms with van der Waals surface area (Å²) >= 11 is 1.82. The molecule has 0 saturated carbocycles. The predicted molar refractivity (Wildman–Crippen MR) is 250 cm³/mol. The van der Waals surface area contributed by atoms with Crippen LogP contribution in [0.1, 0.15) is 22.6 Å². The molecular formula is C56H35N3S. The zero-order valence-electron chi connectivity index (χ0n) is 32.5. The minimum atomic E-state index is 0.147. The van der Waals surface area contributed by atoms with E-state index in [1.54, 1.807) is 0 Å². The average Bonchev–Trinajstić information content (AvgIpc) is 3.88. The highest BCUT2D eigenvalue weighted by molar-refractivity contribution is 7.26. The van der Waals surface area contributed by atoms with Crippen LogP contribution in [0.5, 0.6) is 0 Å². The van der Waals surface area contributed by atoms with Crippen LogP contribution >= 0.6 is 11.3 Å². The van der Waals surface area contributed by atoms with Crippen molar-refractivity contribution < 1.29 is 0 Å². The fraction of sp³-hybridized carbons (Fsp3) is 0.0179. The summed E-state index contributed by atoms with van der Waals surface area (Å²) in [5.74, 6) is 0.842. The molecule has 1 aliphatic rings. The summed E-state index contributed by atoms with van der Waals surface area (Å²) in [6, 6.07) is 73.7. The van der Waals surface area contributed by atoms with E-state index in [4.69, 9.17) is 15.0 Å². The lowest BCUT2D eigenvalue weighted by Gasteiger charge is -2.16. The summed E-state index contributed by atoms with van der Waals surface area (Å²) in [6.07, 6.45) is 0. The molecule has 0 fully saturated rings. The summed E-state index contributed by atoms with van der Waals surface area (Å²) < 4.78 is 2.44. The highest BCUT2D eigenvalue weighted by Gasteiger charge is 2.29. The summed E-state index contributed by atoms with van der Waals surface area (Å²) in [5, 5.41) is 3.68. The van der Waals surface area contributed by atoms with Crippen molar-refractivity contribution in [1.82, 2.24) is 15.0 Å². The topological polar surface area (TPSA) is 38.7 Å². The fourth-order valence-corrected chi connectivity index (χ4v) is 10.4. The minimum absolute atomic E-state index is 0.147. The number of nitrogens with zero attached hydrogens (tertiary/aromatic N) is 3. The fourth-order valence-electron chi connectivity index (χ4n) is 9.17. The summed E-state index contributed by atoms with van der Waals surface area (Å²) in [4.78, 5) is 15.9. The Morgan fingerprint density at radius 3 is 1.73 bits per heavy atom. The monoisotopic (exact) mass is 781 g/mol. The van der Waals surface area contributed by atoms with Gasteiger partial charge in [0.05, 0.1) is 27.3 Å². The summed E-state index contributed by atoms with van der Waals surface area (Å²) in [6.45, 7) is 0. The first kappa shape index (κ1) is 34.5. The van der Waals surface area contributed by atoms with Crippen molar-refractivity contribution in [1.29, 1.82) is 0 Å². The molecule has 0 saturated heterocycles. The number of pyridine rings is 1. The van der Waals surface area contributed by atoms with Gasteiger partial charge < -0.3 is 0 Å². The van der Waals surface area contributed by atoms with Crippen molar-refractivity contribution >= 4 is 42.4 Å². The van der Waals surface area contributed by atoms with E-state index in [9.17, 15) is 0 Å². The maximum atomic E-state index is 5.43. The number of thiophene rings is 1. The molecular weight excluding hydrogens is 747 g/mol. The number of hydrogen-bond donors (Lipinski definition) is 0. The highest BCUT2D eigenvalue weighted by Crippen LogP contribution is 2.49. The molecule has 11 aromatic rings. The molecule has 3 heterocycles. The maximum absolute atomic E-state index is 5.43. The van der Waals surface area contributed by atoms with Gasteiger partial charge in [-0.2, -0.15) is 0 Å². The van der Waals surface area contributed by atoms with Gasteiger partial charge in [0.15, 0.2) is 5.82 Å². The molecule has 0 radical (unpaired) electrons. The van der Waals surface area contributed by atoms with Crippen LogP contribution in [0, 0.1) is 0 Å². The third kappa shape index (κ3) is 5.76. The Morgan fingerprint density at radius 1 is 0.383 bits per heavy atom.